The number of aliphatic hydroxyl groups is 6. The molecule has 11 atom stereocenters. The summed E-state index contributed by atoms with van der Waals surface area (Å²) < 4.78 is 146. The molecular weight excluding hydrogens is 1300 g/mol. The summed E-state index contributed by atoms with van der Waals surface area (Å²) in [5.41, 5.74) is 10.7. The maximum Gasteiger partial charge on any atom is 1.00 e. The van der Waals surface area contributed by atoms with Gasteiger partial charge < -0.3 is 75.0 Å². The van der Waals surface area contributed by atoms with Crippen LogP contribution in [0.2, 0.25) is 0 Å². The average molecular weight is 1380 g/mol. The van der Waals surface area contributed by atoms with Crippen molar-refractivity contribution in [2.75, 3.05) is 57.6 Å². The van der Waals surface area contributed by atoms with E-state index in [0.29, 0.717) is 13.0 Å². The minimum Gasteiger partial charge on any atom is -0.438 e. The van der Waals surface area contributed by atoms with Gasteiger partial charge >= 0.3 is 89.3 Å². The number of nitrogens with one attached hydrogen (secondary N) is 1. The molecule has 0 aliphatic carbocycles. The zero-order valence-electron chi connectivity index (χ0n) is 50.6. The van der Waals surface area contributed by atoms with E-state index in [1.54, 1.807) is 12.1 Å². The summed E-state index contributed by atoms with van der Waals surface area (Å²) in [6, 6.07) is 14.3. The summed E-state index contributed by atoms with van der Waals surface area (Å²) >= 11 is 0. The minimum absolute atomic E-state index is 0. The van der Waals surface area contributed by atoms with E-state index in [4.69, 9.17) is 72.0 Å². The van der Waals surface area contributed by atoms with Gasteiger partial charge in [0.25, 0.3) is 10.1 Å². The van der Waals surface area contributed by atoms with Crippen LogP contribution in [0.3, 0.4) is 0 Å². The number of amides is 2. The van der Waals surface area contributed by atoms with Crippen LogP contribution in [0, 0.1) is 6.07 Å². The number of carbonyl (C=O) groups excluding carboxylic acids is 2. The molecule has 10 N–H and O–H groups in total. The molecule has 0 saturated carbocycles. The molecule has 2 amide bonds. The van der Waals surface area contributed by atoms with Crippen LogP contribution in [0.4, 0.5) is 10.5 Å². The van der Waals surface area contributed by atoms with Crippen LogP contribution >= 0.6 is 0 Å². The third kappa shape index (κ3) is 24.6. The Kier molecular flexibility index (Phi) is 36.6. The predicted molar refractivity (Wildman–Crippen MR) is 311 cm³/mol. The van der Waals surface area contributed by atoms with Crippen molar-refractivity contribution in [3.63, 3.8) is 0 Å². The number of hydrogen-bond acceptors (Lipinski definition) is 26. The Bertz CT molecular complexity index is 3180. The Balaban J connectivity index is 0.00000195. The van der Waals surface area contributed by atoms with Gasteiger partial charge in [-0.2, -0.15) is 32.7 Å². The fraction of sp³-hybridized carbons (Fsp3) is 0.618. The Morgan fingerprint density at radius 1 is 0.778 bits per heavy atom. The molecule has 0 spiro atoms. The number of anilines is 1. The molecule has 35 heteroatoms. The van der Waals surface area contributed by atoms with Gasteiger partial charge in [0.2, 0.25) is 5.91 Å². The third-order valence-corrected chi connectivity index (χ3v) is 15.7. The van der Waals surface area contributed by atoms with Crippen LogP contribution in [-0.4, -0.2) is 218 Å². The van der Waals surface area contributed by atoms with Gasteiger partial charge in [0.1, 0.15) is 54.8 Å². The summed E-state index contributed by atoms with van der Waals surface area (Å²) in [5, 5.41) is 64.7. The predicted octanol–water partition coefficient (Wildman–Crippen LogP) is -3.02. The monoisotopic (exact) mass is 1380 g/mol. The fourth-order valence-electron chi connectivity index (χ4n) is 10.5. The molecule has 0 bridgehead atoms. The maximum absolute atomic E-state index is 12.8. The van der Waals surface area contributed by atoms with Crippen LogP contribution in [-0.2, 0) is 86.1 Å². The normalized spacial score (nSPS) is 25.3. The van der Waals surface area contributed by atoms with Crippen molar-refractivity contribution in [2.45, 2.75) is 170 Å². The van der Waals surface area contributed by atoms with E-state index in [-0.39, 0.29) is 101 Å². The number of primary amides is 1. The summed E-state index contributed by atoms with van der Waals surface area (Å²) in [5.74, 6) is -0.173. The van der Waals surface area contributed by atoms with Crippen molar-refractivity contribution in [1.82, 2.24) is 5.32 Å². The number of unbranched alkanes of at least 4 members (excludes halogenated alkanes) is 4. The summed E-state index contributed by atoms with van der Waals surface area (Å²) in [7, 11) is -13.8. The summed E-state index contributed by atoms with van der Waals surface area (Å²) in [6.45, 7) is 11.0. The first-order valence-electron chi connectivity index (χ1n) is 28.2. The number of allylic oxidation sites excluding steroid dienone is 6. The van der Waals surface area contributed by atoms with Gasteiger partial charge in [0, 0.05) is 55.2 Å². The van der Waals surface area contributed by atoms with E-state index in [1.165, 1.54) is 22.9 Å². The van der Waals surface area contributed by atoms with Crippen molar-refractivity contribution in [3.8, 4) is 0 Å². The quantitative estimate of drug-likeness (QED) is 0.0102. The van der Waals surface area contributed by atoms with Gasteiger partial charge in [0.15, 0.2) is 24.4 Å². The van der Waals surface area contributed by atoms with Crippen LogP contribution in [0.1, 0.15) is 109 Å². The molecule has 4 aliphatic rings. The number of fused-ring (bicyclic) bond motifs is 2. The van der Waals surface area contributed by atoms with Gasteiger partial charge in [-0.25, -0.2) is 9.37 Å². The van der Waals surface area contributed by atoms with Crippen molar-refractivity contribution >= 4 is 65.3 Å². The van der Waals surface area contributed by atoms with Crippen LogP contribution in [0.25, 0.3) is 0 Å². The van der Waals surface area contributed by atoms with E-state index in [1.807, 2.05) is 32.1 Å². The maximum atomic E-state index is 12.8. The van der Waals surface area contributed by atoms with Crippen LogP contribution in [0.5, 0.6) is 0 Å². The SMILES string of the molecule is CCCC[N+]1=C(/C=C/C=C/C=C2\N(CCCCCC(=O)NCCOCCOC3O[C@@H](CO)[C@@H](O)[C@H](O)[C@@H]3O[C@H]3O[C@H](CO)[C@@H](O)[C@H](O)[C@@H]3OC(N)=O)c3ccc(S(=O)(=O)O)cc3C2(C)C)c2cc[c-]cc2C1(C)CCCC.O=S(=O)=O.O=S(=O)=O.O=S(=O)=O.[K+]. The molecule has 2 aromatic rings. The topological polar surface area (TPSA) is 463 Å². The molecule has 0 radical (unpaired) electrons. The van der Waals surface area contributed by atoms with Gasteiger partial charge in [-0.1, -0.05) is 76.3 Å². The van der Waals surface area contributed by atoms with Crippen molar-refractivity contribution in [3.05, 3.63) is 95.2 Å². The number of aliphatic hydroxyl groups excluding tert-OH is 6. The van der Waals surface area contributed by atoms with Gasteiger partial charge in [-0.15, -0.1) is 37.9 Å². The zero-order valence-corrected chi connectivity index (χ0v) is 57.0. The van der Waals surface area contributed by atoms with E-state index < -0.39 is 128 Å². The Hall–Kier alpha value is -4.16. The molecule has 4 heterocycles. The minimum atomic E-state index is -4.44. The third-order valence-electron chi connectivity index (χ3n) is 14.8. The number of nitrogens with zero attached hydrogens (tertiary/aromatic N) is 2. The number of hydrogen-bond donors (Lipinski definition) is 9. The zero-order chi connectivity index (χ0) is 66.8. The van der Waals surface area contributed by atoms with Crippen molar-refractivity contribution < 1.29 is 175 Å². The van der Waals surface area contributed by atoms with Crippen LogP contribution in [0.15, 0.2) is 77.4 Å². The molecule has 6 rings (SSSR count). The Labute approximate surface area is 569 Å². The van der Waals surface area contributed by atoms with E-state index in [9.17, 15) is 53.2 Å². The molecule has 2 unspecified atom stereocenters. The number of benzene rings is 2. The first kappa shape index (κ1) is 81.9. The first-order valence-corrected chi connectivity index (χ1v) is 32.6. The Morgan fingerprint density at radius 3 is 1.96 bits per heavy atom. The molecule has 30 nitrogen and oxygen atoms in total. The Morgan fingerprint density at radius 2 is 1.38 bits per heavy atom. The second kappa shape index (κ2) is 40.2. The van der Waals surface area contributed by atoms with E-state index in [2.05, 4.69) is 72.0 Å². The van der Waals surface area contributed by atoms with Crippen molar-refractivity contribution in [2.24, 2.45) is 5.73 Å². The molecule has 0 aromatic heterocycles. The standard InChI is InChI=1S/C55H80N4O17S.K.3O3S/c1-6-8-25-55(5)37-19-16-15-18-36(37)39(59(55)28-9-7-2)20-12-10-13-21-43-54(3,4)38-32-35(77(68,69)70)23-24-40(38)58(43)27-17-11-14-22-44(62)57-26-29-71-30-31-72-51-49(47(65)45(63)41(33-60)73-51)75-52-50(76-53(56)67)48(66)46(64)42(34-61)74-52;;3*1-4(2)3/h10,12-13,15,18-21,23-24,32,41-42,45-52,60-61,63-66H,6-9,11,14,17,22,25-31,33-34H2,1-5H3,(H2,56,67)(H,57,62)(H,68,69,70);;;;/q;+1;;;/t41-,42+,45+,46+,47-,48-,49-,50-,51?,52+,55?;;;;/m0..../s1. The molecule has 90 heavy (non-hydrogen) atoms. The van der Waals surface area contributed by atoms with Crippen molar-refractivity contribution in [1.29, 1.82) is 0 Å². The van der Waals surface area contributed by atoms with E-state index >= 15 is 0 Å². The summed E-state index contributed by atoms with van der Waals surface area (Å²) in [6.07, 6.45) is 0.547. The number of carbonyl (C=O) groups is 2. The number of ether oxygens (including phenoxy) is 6. The van der Waals surface area contributed by atoms with Gasteiger partial charge in [-0.05, 0) is 56.0 Å². The fourth-order valence-corrected chi connectivity index (χ4v) is 11.1. The largest absolute Gasteiger partial charge is 1.00 e. The second-order valence-corrected chi connectivity index (χ2v) is 23.8. The smallest absolute Gasteiger partial charge is 0.438 e. The molecule has 2 fully saturated rings. The molecular formula is C55H80KN4O26S4+. The molecule has 2 aromatic carbocycles. The molecule has 4 aliphatic heterocycles. The number of rotatable bonds is 28. The molecule has 500 valence electrons. The molecule has 2 saturated heterocycles. The first-order chi connectivity index (χ1) is 41.9. The van der Waals surface area contributed by atoms with Gasteiger partial charge in [-0.3, -0.25) is 9.35 Å². The van der Waals surface area contributed by atoms with Gasteiger partial charge in [0.05, 0.1) is 37.9 Å². The summed E-state index contributed by atoms with van der Waals surface area (Å²) in [4.78, 5) is 26.4. The van der Waals surface area contributed by atoms with E-state index in [0.717, 1.165) is 68.4 Å². The number of nitrogens with two attached hydrogens (primary N) is 1. The van der Waals surface area contributed by atoms with Crippen LogP contribution < -0.4 is 67.3 Å². The second-order valence-electron chi connectivity index (χ2n) is 21.1. The average Bonchev–Trinajstić information content (AvgIpc) is 1.58.